The summed E-state index contributed by atoms with van der Waals surface area (Å²) in [5.74, 6) is 0. The van der Waals surface area contributed by atoms with E-state index in [1.165, 1.54) is 0 Å². The van der Waals surface area contributed by atoms with Crippen LogP contribution in [0.4, 0.5) is 0 Å². The van der Waals surface area contributed by atoms with E-state index >= 15 is 0 Å². The molecule has 0 aromatic carbocycles. The fraction of sp³-hybridized carbons (Fsp3) is 1.00. The highest BCUT2D eigenvalue weighted by Gasteiger charge is 1.82. The Kier molecular flexibility index (Phi) is 6.90. The van der Waals surface area contributed by atoms with Gasteiger partial charge in [0.05, 0.1) is 26.4 Å². The van der Waals surface area contributed by atoms with E-state index in [0.29, 0.717) is 19.8 Å². The third kappa shape index (κ3) is 5.94. The van der Waals surface area contributed by atoms with Crippen LogP contribution >= 0.6 is 0 Å². The highest BCUT2D eigenvalue weighted by atomic mass is 16.5. The summed E-state index contributed by atoms with van der Waals surface area (Å²) in [4.78, 5) is 0. The van der Waals surface area contributed by atoms with Gasteiger partial charge in [0, 0.05) is 0 Å². The van der Waals surface area contributed by atoms with Crippen LogP contribution in [-0.4, -0.2) is 39.6 Å². The van der Waals surface area contributed by atoms with Crippen molar-refractivity contribution in [2.24, 2.45) is 0 Å². The average Bonchev–Trinajstić information content (AvgIpc) is 1.81. The van der Waals surface area contributed by atoms with Gasteiger partial charge in [-0.25, -0.2) is 0 Å². The molecule has 0 aromatic rings. The molecular formula is C4H11BO3. The van der Waals surface area contributed by atoms with Gasteiger partial charge in [-0.15, -0.1) is 0 Å². The Labute approximate surface area is 50.0 Å². The zero-order valence-corrected chi connectivity index (χ0v) is 5.09. The summed E-state index contributed by atoms with van der Waals surface area (Å²) in [6.07, 6.45) is 0. The molecule has 0 unspecified atom stereocenters. The number of aliphatic hydroxyl groups excluding tert-OH is 1. The normalized spacial score (nSPS) is 9.62. The second kappa shape index (κ2) is 6.94. The number of ether oxygens (including phenoxy) is 1. The molecule has 0 spiro atoms. The molecule has 0 saturated heterocycles. The maximum Gasteiger partial charge on any atom is 0.257 e. The van der Waals surface area contributed by atoms with Gasteiger partial charge in [0.2, 0.25) is 0 Å². The van der Waals surface area contributed by atoms with Gasteiger partial charge in [-0.3, -0.25) is 0 Å². The molecule has 8 heavy (non-hydrogen) atoms. The molecule has 0 radical (unpaired) electrons. The Morgan fingerprint density at radius 2 is 2.00 bits per heavy atom. The zero-order chi connectivity index (χ0) is 6.24. The van der Waals surface area contributed by atoms with Gasteiger partial charge in [-0.05, 0) is 0 Å². The monoisotopic (exact) mass is 118 g/mol. The van der Waals surface area contributed by atoms with Crippen LogP contribution in [0.5, 0.6) is 0 Å². The third-order valence-corrected chi connectivity index (χ3v) is 0.667. The van der Waals surface area contributed by atoms with Crippen molar-refractivity contribution in [3.63, 3.8) is 0 Å². The Hall–Kier alpha value is -0.0551. The highest BCUT2D eigenvalue weighted by molar-refractivity contribution is 5.97. The molecule has 0 atom stereocenters. The Morgan fingerprint density at radius 1 is 1.25 bits per heavy atom. The topological polar surface area (TPSA) is 38.7 Å². The van der Waals surface area contributed by atoms with Gasteiger partial charge in [0.15, 0.2) is 0 Å². The van der Waals surface area contributed by atoms with Crippen LogP contribution in [0.2, 0.25) is 0 Å². The highest BCUT2D eigenvalue weighted by Crippen LogP contribution is 1.72. The average molecular weight is 118 g/mol. The lowest BCUT2D eigenvalue weighted by molar-refractivity contribution is 0.0725. The molecule has 0 saturated carbocycles. The van der Waals surface area contributed by atoms with Gasteiger partial charge >= 0.3 is 0 Å². The van der Waals surface area contributed by atoms with Crippen molar-refractivity contribution < 1.29 is 14.5 Å². The van der Waals surface area contributed by atoms with Gasteiger partial charge in [0.25, 0.3) is 8.05 Å². The minimum absolute atomic E-state index is 0.0870. The largest absolute Gasteiger partial charge is 0.442 e. The molecule has 0 aliphatic heterocycles. The minimum Gasteiger partial charge on any atom is -0.442 e. The predicted octanol–water partition coefficient (Wildman–Crippen LogP) is -1.44. The summed E-state index contributed by atoms with van der Waals surface area (Å²) in [6.45, 7) is 1.66. The molecule has 0 aromatic heterocycles. The maximum atomic E-state index is 8.20. The lowest BCUT2D eigenvalue weighted by Crippen LogP contribution is -2.05. The van der Waals surface area contributed by atoms with E-state index in [4.69, 9.17) is 9.84 Å². The minimum atomic E-state index is 0.0870. The van der Waals surface area contributed by atoms with Crippen molar-refractivity contribution >= 4 is 8.05 Å². The number of aliphatic hydroxyl groups is 1. The van der Waals surface area contributed by atoms with Gasteiger partial charge in [-0.1, -0.05) is 0 Å². The van der Waals surface area contributed by atoms with Crippen LogP contribution < -0.4 is 0 Å². The molecule has 1 N–H and O–H groups in total. The molecule has 0 rings (SSSR count). The summed E-state index contributed by atoms with van der Waals surface area (Å²) in [5, 5.41) is 8.20. The Bertz CT molecular complexity index is 36.3. The quantitative estimate of drug-likeness (QED) is 0.355. The second-order valence-corrected chi connectivity index (χ2v) is 1.33. The SMILES string of the molecule is BOCCOCCO. The maximum absolute atomic E-state index is 8.20. The van der Waals surface area contributed by atoms with Crippen molar-refractivity contribution in [1.29, 1.82) is 0 Å². The van der Waals surface area contributed by atoms with E-state index in [9.17, 15) is 0 Å². The van der Waals surface area contributed by atoms with Crippen LogP contribution in [0.1, 0.15) is 0 Å². The van der Waals surface area contributed by atoms with Crippen molar-refractivity contribution in [2.45, 2.75) is 0 Å². The lowest BCUT2D eigenvalue weighted by Gasteiger charge is -1.98. The number of hydrogen-bond acceptors (Lipinski definition) is 3. The third-order valence-electron chi connectivity index (χ3n) is 0.667. The summed E-state index contributed by atoms with van der Waals surface area (Å²) >= 11 is 0. The summed E-state index contributed by atoms with van der Waals surface area (Å²) in [7, 11) is 1.61. The molecule has 0 bridgehead atoms. The molecule has 0 fully saturated rings. The number of hydrogen-bond donors (Lipinski definition) is 1. The van der Waals surface area contributed by atoms with Gasteiger partial charge in [-0.2, -0.15) is 0 Å². The van der Waals surface area contributed by atoms with Gasteiger partial charge < -0.3 is 14.5 Å². The first kappa shape index (κ1) is 7.94. The Balaban J connectivity index is 2.53. The second-order valence-electron chi connectivity index (χ2n) is 1.33. The molecule has 48 valence electrons. The molecule has 0 aliphatic rings. The van der Waals surface area contributed by atoms with Crippen molar-refractivity contribution in [2.75, 3.05) is 26.4 Å². The molecule has 4 heteroatoms. The van der Waals surface area contributed by atoms with Crippen LogP contribution in [0.15, 0.2) is 0 Å². The van der Waals surface area contributed by atoms with Crippen molar-refractivity contribution in [1.82, 2.24) is 0 Å². The van der Waals surface area contributed by atoms with Crippen LogP contribution in [0.3, 0.4) is 0 Å². The van der Waals surface area contributed by atoms with Crippen LogP contribution in [-0.2, 0) is 9.39 Å². The lowest BCUT2D eigenvalue weighted by atomic mass is 10.6. The standard InChI is InChI=1S/C4H11BO3/c5-8-4-3-7-2-1-6/h6H,1-5H2. The predicted molar refractivity (Wildman–Crippen MR) is 32.4 cm³/mol. The number of rotatable bonds is 5. The van der Waals surface area contributed by atoms with Crippen LogP contribution in [0, 0.1) is 0 Å². The van der Waals surface area contributed by atoms with Crippen molar-refractivity contribution in [3.05, 3.63) is 0 Å². The first-order valence-electron chi connectivity index (χ1n) is 2.59. The summed E-state index contributed by atoms with van der Waals surface area (Å²) in [5.41, 5.74) is 0. The molecule has 0 aliphatic carbocycles. The summed E-state index contributed by atoms with van der Waals surface area (Å²) in [6, 6.07) is 0. The van der Waals surface area contributed by atoms with E-state index < -0.39 is 0 Å². The van der Waals surface area contributed by atoms with E-state index in [1.807, 2.05) is 0 Å². The smallest absolute Gasteiger partial charge is 0.257 e. The van der Waals surface area contributed by atoms with E-state index in [-0.39, 0.29) is 6.61 Å². The summed E-state index contributed by atoms with van der Waals surface area (Å²) < 4.78 is 9.53. The van der Waals surface area contributed by atoms with E-state index in [0.717, 1.165) is 0 Å². The van der Waals surface area contributed by atoms with Crippen LogP contribution in [0.25, 0.3) is 0 Å². The molecular weight excluding hydrogens is 107 g/mol. The molecule has 0 amide bonds. The molecule has 0 heterocycles. The van der Waals surface area contributed by atoms with E-state index in [1.54, 1.807) is 8.05 Å². The first-order valence-corrected chi connectivity index (χ1v) is 2.59. The van der Waals surface area contributed by atoms with E-state index in [2.05, 4.69) is 4.65 Å². The Morgan fingerprint density at radius 3 is 2.50 bits per heavy atom. The first-order chi connectivity index (χ1) is 3.91. The fourth-order valence-corrected chi connectivity index (χ4v) is 0.309. The zero-order valence-electron chi connectivity index (χ0n) is 5.09. The van der Waals surface area contributed by atoms with Crippen molar-refractivity contribution in [3.8, 4) is 0 Å². The van der Waals surface area contributed by atoms with Gasteiger partial charge in [0.1, 0.15) is 0 Å². The molecule has 3 nitrogen and oxygen atoms in total. The fourth-order valence-electron chi connectivity index (χ4n) is 0.309.